The summed E-state index contributed by atoms with van der Waals surface area (Å²) in [6, 6.07) is 0.957. The molecule has 0 saturated carbocycles. The summed E-state index contributed by atoms with van der Waals surface area (Å²) < 4.78 is 1.84. The van der Waals surface area contributed by atoms with Crippen LogP contribution >= 0.6 is 0 Å². The average Bonchev–Trinajstić information content (AvgIpc) is 2.51. The fourth-order valence-electron chi connectivity index (χ4n) is 1.30. The second-order valence-corrected chi connectivity index (χ2v) is 3.64. The van der Waals surface area contributed by atoms with Crippen molar-refractivity contribution < 1.29 is 0 Å². The first-order valence-electron chi connectivity index (χ1n) is 4.88. The van der Waals surface area contributed by atoms with Crippen LogP contribution in [0.15, 0.2) is 12.4 Å². The Morgan fingerprint density at radius 2 is 2.23 bits per heavy atom. The van der Waals surface area contributed by atoms with Crippen LogP contribution in [-0.2, 0) is 7.05 Å². The highest BCUT2D eigenvalue weighted by Crippen LogP contribution is 2.11. The fraction of sp³-hybridized carbons (Fsp3) is 0.700. The summed E-state index contributed by atoms with van der Waals surface area (Å²) >= 11 is 0. The predicted molar refractivity (Wildman–Crippen MR) is 54.5 cm³/mol. The van der Waals surface area contributed by atoms with Crippen LogP contribution in [-0.4, -0.2) is 15.8 Å². The minimum atomic E-state index is 0.392. The van der Waals surface area contributed by atoms with Crippen LogP contribution in [0.1, 0.15) is 38.8 Å². The van der Waals surface area contributed by atoms with E-state index < -0.39 is 0 Å². The molecule has 0 amide bonds. The van der Waals surface area contributed by atoms with Crippen molar-refractivity contribution >= 4 is 0 Å². The standard InChI is InChI=1S/C10H19N3/c1-5-8(2)12-9(3)10-6-11-13(4)7-10/h6-9,12H,5H2,1-4H3/t8-,9+/m1/s1. The van der Waals surface area contributed by atoms with Crippen LogP contribution in [0.3, 0.4) is 0 Å². The van der Waals surface area contributed by atoms with E-state index in [1.54, 1.807) is 0 Å². The molecular weight excluding hydrogens is 162 g/mol. The van der Waals surface area contributed by atoms with E-state index in [0.717, 1.165) is 6.42 Å². The Morgan fingerprint density at radius 1 is 1.54 bits per heavy atom. The predicted octanol–water partition coefficient (Wildman–Crippen LogP) is 1.87. The Kier molecular flexibility index (Phi) is 3.48. The molecule has 2 atom stereocenters. The SMILES string of the molecule is CC[C@@H](C)N[C@@H](C)c1cnn(C)c1. The molecule has 0 aliphatic rings. The molecule has 74 valence electrons. The topological polar surface area (TPSA) is 29.9 Å². The minimum Gasteiger partial charge on any atom is -0.308 e. The van der Waals surface area contributed by atoms with Gasteiger partial charge < -0.3 is 5.32 Å². The Hall–Kier alpha value is -0.830. The zero-order chi connectivity index (χ0) is 9.84. The Bertz CT molecular complexity index is 254. The third-order valence-electron chi connectivity index (χ3n) is 2.37. The van der Waals surface area contributed by atoms with Crippen LogP contribution in [0.2, 0.25) is 0 Å². The molecule has 0 aliphatic carbocycles. The molecule has 0 aliphatic heterocycles. The van der Waals surface area contributed by atoms with Crippen molar-refractivity contribution in [1.82, 2.24) is 15.1 Å². The van der Waals surface area contributed by atoms with Gasteiger partial charge in [0, 0.05) is 30.9 Å². The Morgan fingerprint density at radius 3 is 2.69 bits per heavy atom. The highest BCUT2D eigenvalue weighted by Gasteiger charge is 2.08. The molecule has 0 aromatic carbocycles. The van der Waals surface area contributed by atoms with Crippen molar-refractivity contribution in [3.05, 3.63) is 18.0 Å². The molecule has 0 fully saturated rings. The molecule has 0 radical (unpaired) electrons. The average molecular weight is 181 g/mol. The third kappa shape index (κ3) is 2.84. The van der Waals surface area contributed by atoms with Gasteiger partial charge in [-0.1, -0.05) is 6.92 Å². The summed E-state index contributed by atoms with van der Waals surface area (Å²) in [7, 11) is 1.94. The summed E-state index contributed by atoms with van der Waals surface area (Å²) in [6.07, 6.45) is 5.13. The van der Waals surface area contributed by atoms with Gasteiger partial charge in [0.05, 0.1) is 6.20 Å². The lowest BCUT2D eigenvalue weighted by Gasteiger charge is -2.17. The fourth-order valence-corrected chi connectivity index (χ4v) is 1.30. The van der Waals surface area contributed by atoms with Gasteiger partial charge in [0.25, 0.3) is 0 Å². The van der Waals surface area contributed by atoms with Crippen molar-refractivity contribution in [3.63, 3.8) is 0 Å². The monoisotopic (exact) mass is 181 g/mol. The van der Waals surface area contributed by atoms with Crippen molar-refractivity contribution in [2.24, 2.45) is 7.05 Å². The quantitative estimate of drug-likeness (QED) is 0.768. The smallest absolute Gasteiger partial charge is 0.0537 e. The molecule has 3 heteroatoms. The second-order valence-electron chi connectivity index (χ2n) is 3.64. The van der Waals surface area contributed by atoms with Crippen LogP contribution in [0.25, 0.3) is 0 Å². The van der Waals surface area contributed by atoms with E-state index in [4.69, 9.17) is 0 Å². The van der Waals surface area contributed by atoms with E-state index in [-0.39, 0.29) is 0 Å². The summed E-state index contributed by atoms with van der Waals surface area (Å²) in [6.45, 7) is 6.56. The molecule has 1 aromatic rings. The van der Waals surface area contributed by atoms with Crippen LogP contribution in [0.5, 0.6) is 0 Å². The van der Waals surface area contributed by atoms with E-state index in [9.17, 15) is 0 Å². The summed E-state index contributed by atoms with van der Waals surface area (Å²) in [5.41, 5.74) is 1.25. The normalized spacial score (nSPS) is 15.7. The van der Waals surface area contributed by atoms with Gasteiger partial charge in [-0.15, -0.1) is 0 Å². The molecule has 0 spiro atoms. The van der Waals surface area contributed by atoms with Gasteiger partial charge >= 0.3 is 0 Å². The number of rotatable bonds is 4. The molecule has 0 bridgehead atoms. The number of hydrogen-bond donors (Lipinski definition) is 1. The van der Waals surface area contributed by atoms with Crippen molar-refractivity contribution in [1.29, 1.82) is 0 Å². The summed E-state index contributed by atoms with van der Waals surface area (Å²) in [5.74, 6) is 0. The number of aryl methyl sites for hydroxylation is 1. The van der Waals surface area contributed by atoms with Crippen LogP contribution in [0, 0.1) is 0 Å². The lowest BCUT2D eigenvalue weighted by atomic mass is 10.1. The van der Waals surface area contributed by atoms with Gasteiger partial charge in [-0.2, -0.15) is 5.10 Å². The van der Waals surface area contributed by atoms with Gasteiger partial charge in [0.15, 0.2) is 0 Å². The maximum atomic E-state index is 4.15. The number of hydrogen-bond acceptors (Lipinski definition) is 2. The summed E-state index contributed by atoms with van der Waals surface area (Å²) in [4.78, 5) is 0. The number of nitrogens with one attached hydrogen (secondary N) is 1. The molecule has 0 saturated heterocycles. The van der Waals surface area contributed by atoms with E-state index in [1.165, 1.54) is 5.56 Å². The maximum absolute atomic E-state index is 4.15. The van der Waals surface area contributed by atoms with Crippen molar-refractivity contribution in [3.8, 4) is 0 Å². The minimum absolute atomic E-state index is 0.392. The lowest BCUT2D eigenvalue weighted by Crippen LogP contribution is -2.27. The Balaban J connectivity index is 2.53. The van der Waals surface area contributed by atoms with Gasteiger partial charge in [-0.3, -0.25) is 4.68 Å². The summed E-state index contributed by atoms with van der Waals surface area (Å²) in [5, 5.41) is 7.65. The van der Waals surface area contributed by atoms with E-state index in [2.05, 4.69) is 37.4 Å². The molecule has 13 heavy (non-hydrogen) atoms. The van der Waals surface area contributed by atoms with Gasteiger partial charge in [-0.25, -0.2) is 0 Å². The maximum Gasteiger partial charge on any atom is 0.0537 e. The molecule has 3 nitrogen and oxygen atoms in total. The Labute approximate surface area is 80.1 Å². The molecule has 1 N–H and O–H groups in total. The molecular formula is C10H19N3. The first kappa shape index (κ1) is 10.3. The highest BCUT2D eigenvalue weighted by molar-refractivity contribution is 5.09. The highest BCUT2D eigenvalue weighted by atomic mass is 15.2. The second kappa shape index (κ2) is 4.42. The first-order valence-corrected chi connectivity index (χ1v) is 4.88. The first-order chi connectivity index (χ1) is 6.13. The van der Waals surface area contributed by atoms with E-state index in [0.29, 0.717) is 12.1 Å². The lowest BCUT2D eigenvalue weighted by molar-refractivity contribution is 0.469. The largest absolute Gasteiger partial charge is 0.308 e. The number of nitrogens with zero attached hydrogens (tertiary/aromatic N) is 2. The molecule has 1 heterocycles. The van der Waals surface area contributed by atoms with Crippen molar-refractivity contribution in [2.45, 2.75) is 39.3 Å². The number of aromatic nitrogens is 2. The van der Waals surface area contributed by atoms with Crippen molar-refractivity contribution in [2.75, 3.05) is 0 Å². The van der Waals surface area contributed by atoms with E-state index in [1.807, 2.05) is 17.9 Å². The van der Waals surface area contributed by atoms with Gasteiger partial charge in [0.1, 0.15) is 0 Å². The molecule has 1 rings (SSSR count). The zero-order valence-electron chi connectivity index (χ0n) is 8.91. The molecule has 1 aromatic heterocycles. The van der Waals surface area contributed by atoms with E-state index >= 15 is 0 Å². The van der Waals surface area contributed by atoms with Gasteiger partial charge in [0.2, 0.25) is 0 Å². The molecule has 0 unspecified atom stereocenters. The van der Waals surface area contributed by atoms with Crippen LogP contribution < -0.4 is 5.32 Å². The third-order valence-corrected chi connectivity index (χ3v) is 2.37. The zero-order valence-corrected chi connectivity index (χ0v) is 8.91. The van der Waals surface area contributed by atoms with Crippen LogP contribution in [0.4, 0.5) is 0 Å². The van der Waals surface area contributed by atoms with Gasteiger partial charge in [-0.05, 0) is 20.3 Å².